The predicted molar refractivity (Wildman–Crippen MR) is 87.0 cm³/mol. The molecule has 1 fully saturated rings. The van der Waals surface area contributed by atoms with Gasteiger partial charge in [0.25, 0.3) is 0 Å². The van der Waals surface area contributed by atoms with E-state index in [1.165, 1.54) is 0 Å². The van der Waals surface area contributed by atoms with Crippen LogP contribution >= 0.6 is 12.4 Å². The van der Waals surface area contributed by atoms with Crippen molar-refractivity contribution in [1.29, 1.82) is 0 Å². The Balaban J connectivity index is 0.00000220. The molecule has 0 bridgehead atoms. The third-order valence-electron chi connectivity index (χ3n) is 4.33. The Hall–Kier alpha value is -1.26. The van der Waals surface area contributed by atoms with Crippen molar-refractivity contribution >= 4 is 18.3 Å². The quantitative estimate of drug-likeness (QED) is 0.929. The molecule has 1 aliphatic rings. The number of methoxy groups -OCH3 is 1. The first-order valence-corrected chi connectivity index (χ1v) is 7.12. The number of hydrogen-bond acceptors (Lipinski definition) is 3. The minimum absolute atomic E-state index is 0. The van der Waals surface area contributed by atoms with Crippen molar-refractivity contribution in [3.63, 3.8) is 0 Å². The van der Waals surface area contributed by atoms with Gasteiger partial charge in [0.05, 0.1) is 13.0 Å². The first kappa shape index (κ1) is 17.8. The Morgan fingerprint density at radius 1 is 1.52 bits per heavy atom. The molecule has 1 saturated heterocycles. The van der Waals surface area contributed by atoms with Gasteiger partial charge in [-0.1, -0.05) is 19.1 Å². The molecule has 21 heavy (non-hydrogen) atoms. The van der Waals surface area contributed by atoms with Crippen LogP contribution in [0.3, 0.4) is 0 Å². The van der Waals surface area contributed by atoms with Gasteiger partial charge in [-0.05, 0) is 43.0 Å². The normalized spacial score (nSPS) is 22.6. The second kappa shape index (κ2) is 7.14. The van der Waals surface area contributed by atoms with Crippen LogP contribution in [-0.4, -0.2) is 37.6 Å². The molecule has 1 heterocycles. The molecule has 1 aliphatic heterocycles. The van der Waals surface area contributed by atoms with E-state index in [9.17, 15) is 4.79 Å². The highest BCUT2D eigenvalue weighted by molar-refractivity contribution is 5.85. The average Bonchev–Trinajstić information content (AvgIpc) is 2.89. The average molecular weight is 313 g/mol. The maximum Gasteiger partial charge on any atom is 0.229 e. The van der Waals surface area contributed by atoms with Crippen molar-refractivity contribution in [2.24, 2.45) is 11.1 Å². The highest BCUT2D eigenvalue weighted by Crippen LogP contribution is 2.31. The molecule has 5 heteroatoms. The van der Waals surface area contributed by atoms with Crippen LogP contribution in [0.2, 0.25) is 0 Å². The summed E-state index contributed by atoms with van der Waals surface area (Å²) >= 11 is 0. The third-order valence-corrected chi connectivity index (χ3v) is 4.33. The first-order chi connectivity index (χ1) is 9.49. The fourth-order valence-corrected chi connectivity index (χ4v) is 2.71. The maximum atomic E-state index is 12.6. The van der Waals surface area contributed by atoms with Gasteiger partial charge in [-0.25, -0.2) is 0 Å². The topological polar surface area (TPSA) is 55.6 Å². The number of nitrogens with zero attached hydrogens (tertiary/aromatic N) is 1. The summed E-state index contributed by atoms with van der Waals surface area (Å²) in [5.41, 5.74) is 6.87. The highest BCUT2D eigenvalue weighted by atomic mass is 35.5. The summed E-state index contributed by atoms with van der Waals surface area (Å²) in [6.07, 6.45) is 0.986. The Morgan fingerprint density at radius 2 is 2.24 bits per heavy atom. The molecule has 2 N–H and O–H groups in total. The van der Waals surface area contributed by atoms with Crippen LogP contribution in [0.1, 0.15) is 31.7 Å². The van der Waals surface area contributed by atoms with Crippen molar-refractivity contribution in [2.45, 2.75) is 26.2 Å². The van der Waals surface area contributed by atoms with Crippen molar-refractivity contribution in [2.75, 3.05) is 26.7 Å². The minimum atomic E-state index is -0.148. The predicted octanol–water partition coefficient (Wildman–Crippen LogP) is 2.42. The van der Waals surface area contributed by atoms with Crippen molar-refractivity contribution in [1.82, 2.24) is 4.90 Å². The van der Waals surface area contributed by atoms with E-state index in [4.69, 9.17) is 10.5 Å². The lowest BCUT2D eigenvalue weighted by atomic mass is 9.90. The number of carbonyl (C=O) groups excluding carboxylic acids is 1. The fourth-order valence-electron chi connectivity index (χ4n) is 2.71. The highest BCUT2D eigenvalue weighted by Gasteiger charge is 2.36. The van der Waals surface area contributed by atoms with E-state index < -0.39 is 0 Å². The summed E-state index contributed by atoms with van der Waals surface area (Å²) in [4.78, 5) is 14.5. The van der Waals surface area contributed by atoms with E-state index in [1.807, 2.05) is 36.1 Å². The molecule has 0 saturated carbocycles. The summed E-state index contributed by atoms with van der Waals surface area (Å²) in [5.74, 6) is 0.816. The van der Waals surface area contributed by atoms with Crippen LogP contribution in [0, 0.1) is 5.41 Å². The molecule has 118 valence electrons. The standard InChI is InChI=1S/C16H24N2O2.ClH/c1-12(13-5-4-6-14(9-13)20-3)15(19)18-8-7-16(2,10-17)11-18;/h4-6,9,12H,7-8,10-11,17H2,1-3H3;1H. The van der Waals surface area contributed by atoms with Crippen LogP contribution in [-0.2, 0) is 4.79 Å². The molecule has 0 radical (unpaired) electrons. The van der Waals surface area contributed by atoms with Gasteiger partial charge in [0.15, 0.2) is 0 Å². The zero-order valence-electron chi connectivity index (χ0n) is 13.0. The van der Waals surface area contributed by atoms with Crippen molar-refractivity contribution in [3.8, 4) is 5.75 Å². The number of benzene rings is 1. The molecule has 2 atom stereocenters. The van der Waals surface area contributed by atoms with Crippen LogP contribution in [0.15, 0.2) is 24.3 Å². The second-order valence-electron chi connectivity index (χ2n) is 6.02. The van der Waals surface area contributed by atoms with Crippen LogP contribution < -0.4 is 10.5 Å². The minimum Gasteiger partial charge on any atom is -0.497 e. The molecule has 1 aromatic carbocycles. The summed E-state index contributed by atoms with van der Waals surface area (Å²) < 4.78 is 5.22. The van der Waals surface area contributed by atoms with E-state index in [0.29, 0.717) is 6.54 Å². The fraction of sp³-hybridized carbons (Fsp3) is 0.562. The lowest BCUT2D eigenvalue weighted by Crippen LogP contribution is -2.36. The molecule has 1 amide bonds. The Bertz CT molecular complexity index is 495. The van der Waals surface area contributed by atoms with Gasteiger partial charge in [-0.15, -0.1) is 12.4 Å². The van der Waals surface area contributed by atoms with E-state index >= 15 is 0 Å². The monoisotopic (exact) mass is 312 g/mol. The zero-order chi connectivity index (χ0) is 14.8. The summed E-state index contributed by atoms with van der Waals surface area (Å²) in [6.45, 7) is 6.30. The third kappa shape index (κ3) is 3.89. The molecule has 4 nitrogen and oxygen atoms in total. The SMILES string of the molecule is COc1cccc(C(C)C(=O)N2CCC(C)(CN)C2)c1.Cl. The van der Waals surface area contributed by atoms with Gasteiger partial charge >= 0.3 is 0 Å². The van der Waals surface area contributed by atoms with Gasteiger partial charge < -0.3 is 15.4 Å². The largest absolute Gasteiger partial charge is 0.497 e. The molecule has 0 aromatic heterocycles. The first-order valence-electron chi connectivity index (χ1n) is 7.12. The molecular weight excluding hydrogens is 288 g/mol. The van der Waals surface area contributed by atoms with E-state index in [0.717, 1.165) is 30.8 Å². The maximum absolute atomic E-state index is 12.6. The smallest absolute Gasteiger partial charge is 0.229 e. The molecule has 2 rings (SSSR count). The molecule has 0 spiro atoms. The molecular formula is C16H25ClN2O2. The number of amides is 1. The van der Waals surface area contributed by atoms with Crippen molar-refractivity contribution in [3.05, 3.63) is 29.8 Å². The van der Waals surface area contributed by atoms with E-state index in [1.54, 1.807) is 7.11 Å². The van der Waals surface area contributed by atoms with Crippen LogP contribution in [0.25, 0.3) is 0 Å². The summed E-state index contributed by atoms with van der Waals surface area (Å²) in [5, 5.41) is 0. The van der Waals surface area contributed by atoms with Gasteiger partial charge in [-0.3, -0.25) is 4.79 Å². The second-order valence-corrected chi connectivity index (χ2v) is 6.02. The van der Waals surface area contributed by atoms with Crippen LogP contribution in [0.5, 0.6) is 5.75 Å². The molecule has 1 aromatic rings. The van der Waals surface area contributed by atoms with E-state index in [-0.39, 0.29) is 29.6 Å². The van der Waals surface area contributed by atoms with Gasteiger partial charge in [-0.2, -0.15) is 0 Å². The number of ether oxygens (including phenoxy) is 1. The number of rotatable bonds is 4. The number of likely N-dealkylation sites (tertiary alicyclic amines) is 1. The lowest BCUT2D eigenvalue weighted by molar-refractivity contribution is -0.131. The number of carbonyl (C=O) groups is 1. The zero-order valence-corrected chi connectivity index (χ0v) is 13.8. The number of hydrogen-bond donors (Lipinski definition) is 1. The molecule has 2 unspecified atom stereocenters. The Kier molecular flexibility index (Phi) is 6.05. The van der Waals surface area contributed by atoms with Crippen molar-refractivity contribution < 1.29 is 9.53 Å². The Labute approximate surface area is 133 Å². The van der Waals surface area contributed by atoms with Crippen LogP contribution in [0.4, 0.5) is 0 Å². The number of halogens is 1. The number of nitrogens with two attached hydrogens (primary N) is 1. The molecule has 0 aliphatic carbocycles. The Morgan fingerprint density at radius 3 is 2.81 bits per heavy atom. The van der Waals surface area contributed by atoms with Gasteiger partial charge in [0, 0.05) is 13.1 Å². The van der Waals surface area contributed by atoms with Gasteiger partial charge in [0.2, 0.25) is 5.91 Å². The van der Waals surface area contributed by atoms with E-state index in [2.05, 4.69) is 6.92 Å². The summed E-state index contributed by atoms with van der Waals surface area (Å²) in [7, 11) is 1.64. The lowest BCUT2D eigenvalue weighted by Gasteiger charge is -2.25. The van der Waals surface area contributed by atoms with Gasteiger partial charge in [0.1, 0.15) is 5.75 Å². The summed E-state index contributed by atoms with van der Waals surface area (Å²) in [6, 6.07) is 7.72.